The number of aryl methyl sites for hydroxylation is 1. The summed E-state index contributed by atoms with van der Waals surface area (Å²) in [6.45, 7) is 2.05. The lowest BCUT2D eigenvalue weighted by atomic mass is 10.1. The van der Waals surface area contributed by atoms with Gasteiger partial charge in [0, 0.05) is 5.56 Å². The summed E-state index contributed by atoms with van der Waals surface area (Å²) in [5, 5.41) is 11.5. The molecule has 2 aromatic carbocycles. The van der Waals surface area contributed by atoms with E-state index in [0.29, 0.717) is 10.6 Å². The highest BCUT2D eigenvalue weighted by Crippen LogP contribution is 2.17. The van der Waals surface area contributed by atoms with E-state index in [4.69, 9.17) is 12.2 Å². The standard InChI is InChI=1S/C16H14N4S/c1-12-7-9-14(10-8-12)15-18-19-16(21)20(15)17-11-13-5-3-2-4-6-13/h2-11H,1H3,(H,19,21)/b17-11+. The average Bonchev–Trinajstić information content (AvgIpc) is 2.88. The lowest BCUT2D eigenvalue weighted by Crippen LogP contribution is -1.95. The van der Waals surface area contributed by atoms with Crippen LogP contribution in [-0.4, -0.2) is 21.1 Å². The van der Waals surface area contributed by atoms with Crippen molar-refractivity contribution in [1.82, 2.24) is 14.9 Å². The zero-order chi connectivity index (χ0) is 14.7. The zero-order valence-electron chi connectivity index (χ0n) is 11.5. The second kappa shape index (κ2) is 5.85. The van der Waals surface area contributed by atoms with Gasteiger partial charge in [0.05, 0.1) is 6.21 Å². The molecule has 104 valence electrons. The molecule has 0 spiro atoms. The van der Waals surface area contributed by atoms with E-state index in [1.807, 2.05) is 54.6 Å². The largest absolute Gasteiger partial charge is 0.250 e. The van der Waals surface area contributed by atoms with Crippen LogP contribution in [0.15, 0.2) is 59.7 Å². The fourth-order valence-corrected chi connectivity index (χ4v) is 2.13. The van der Waals surface area contributed by atoms with Crippen LogP contribution in [0.4, 0.5) is 0 Å². The van der Waals surface area contributed by atoms with Gasteiger partial charge in [0.2, 0.25) is 4.77 Å². The number of rotatable bonds is 3. The van der Waals surface area contributed by atoms with Crippen molar-refractivity contribution in [2.24, 2.45) is 5.10 Å². The highest BCUT2D eigenvalue weighted by molar-refractivity contribution is 7.71. The zero-order valence-corrected chi connectivity index (χ0v) is 12.3. The van der Waals surface area contributed by atoms with Gasteiger partial charge in [0.25, 0.3) is 0 Å². The van der Waals surface area contributed by atoms with Gasteiger partial charge >= 0.3 is 0 Å². The van der Waals surface area contributed by atoms with Gasteiger partial charge in [0.1, 0.15) is 0 Å². The second-order valence-electron chi connectivity index (χ2n) is 4.69. The Labute approximate surface area is 127 Å². The second-order valence-corrected chi connectivity index (χ2v) is 5.07. The van der Waals surface area contributed by atoms with E-state index in [2.05, 4.69) is 22.2 Å². The third-order valence-electron chi connectivity index (χ3n) is 3.08. The number of aromatic amines is 1. The van der Waals surface area contributed by atoms with E-state index < -0.39 is 0 Å². The Morgan fingerprint density at radius 2 is 1.81 bits per heavy atom. The molecule has 1 heterocycles. The minimum absolute atomic E-state index is 0.470. The topological polar surface area (TPSA) is 46.0 Å². The van der Waals surface area contributed by atoms with Crippen LogP contribution < -0.4 is 0 Å². The number of nitrogens with one attached hydrogen (secondary N) is 1. The highest BCUT2D eigenvalue weighted by atomic mass is 32.1. The van der Waals surface area contributed by atoms with Gasteiger partial charge in [0.15, 0.2) is 5.82 Å². The molecule has 0 aliphatic carbocycles. The first-order valence-electron chi connectivity index (χ1n) is 6.58. The first kappa shape index (κ1) is 13.5. The molecule has 0 aliphatic rings. The summed E-state index contributed by atoms with van der Waals surface area (Å²) in [6, 6.07) is 18.0. The fraction of sp³-hybridized carbons (Fsp3) is 0.0625. The minimum atomic E-state index is 0.470. The molecule has 0 unspecified atom stereocenters. The molecule has 0 saturated carbocycles. The van der Waals surface area contributed by atoms with Crippen molar-refractivity contribution >= 4 is 18.4 Å². The number of H-pyrrole nitrogens is 1. The first-order valence-corrected chi connectivity index (χ1v) is 6.99. The predicted molar refractivity (Wildman–Crippen MR) is 87.0 cm³/mol. The van der Waals surface area contributed by atoms with Gasteiger partial charge in [-0.2, -0.15) is 14.9 Å². The van der Waals surface area contributed by atoms with Crippen LogP contribution in [0.2, 0.25) is 0 Å². The Kier molecular flexibility index (Phi) is 3.75. The molecular formula is C16H14N4S. The van der Waals surface area contributed by atoms with Crippen molar-refractivity contribution in [3.8, 4) is 11.4 Å². The Bertz CT molecular complexity index is 813. The normalized spacial score (nSPS) is 11.1. The Morgan fingerprint density at radius 3 is 2.52 bits per heavy atom. The van der Waals surface area contributed by atoms with Crippen LogP contribution in [0.1, 0.15) is 11.1 Å². The Balaban J connectivity index is 2.00. The van der Waals surface area contributed by atoms with Crippen molar-refractivity contribution in [3.05, 3.63) is 70.5 Å². The first-order chi connectivity index (χ1) is 10.2. The molecule has 3 rings (SSSR count). The third-order valence-corrected chi connectivity index (χ3v) is 3.35. The Morgan fingerprint density at radius 1 is 1.10 bits per heavy atom. The van der Waals surface area contributed by atoms with Gasteiger partial charge in [-0.3, -0.25) is 0 Å². The molecule has 0 atom stereocenters. The molecule has 0 aliphatic heterocycles. The summed E-state index contributed by atoms with van der Waals surface area (Å²) in [6.07, 6.45) is 1.77. The van der Waals surface area contributed by atoms with E-state index in [9.17, 15) is 0 Å². The summed E-state index contributed by atoms with van der Waals surface area (Å²) in [5.41, 5.74) is 3.18. The van der Waals surface area contributed by atoms with E-state index in [1.54, 1.807) is 10.9 Å². The monoisotopic (exact) mass is 294 g/mol. The van der Waals surface area contributed by atoms with Crippen LogP contribution >= 0.6 is 12.2 Å². The molecule has 0 amide bonds. The lowest BCUT2D eigenvalue weighted by molar-refractivity contribution is 0.871. The number of hydrogen-bond acceptors (Lipinski definition) is 3. The molecule has 0 radical (unpaired) electrons. The maximum absolute atomic E-state index is 5.25. The van der Waals surface area contributed by atoms with Crippen LogP contribution in [0.3, 0.4) is 0 Å². The summed E-state index contributed by atoms with van der Waals surface area (Å²) < 4.78 is 2.10. The van der Waals surface area contributed by atoms with Crippen molar-refractivity contribution in [2.45, 2.75) is 6.92 Å². The summed E-state index contributed by atoms with van der Waals surface area (Å²) in [4.78, 5) is 0. The minimum Gasteiger partial charge on any atom is -0.250 e. The summed E-state index contributed by atoms with van der Waals surface area (Å²) in [7, 11) is 0. The molecule has 21 heavy (non-hydrogen) atoms. The quantitative estimate of drug-likeness (QED) is 0.590. The van der Waals surface area contributed by atoms with Gasteiger partial charge in [-0.25, -0.2) is 5.10 Å². The van der Waals surface area contributed by atoms with E-state index in [-0.39, 0.29) is 0 Å². The highest BCUT2D eigenvalue weighted by Gasteiger charge is 2.07. The Hall–Kier alpha value is -2.53. The number of nitrogens with zero attached hydrogens (tertiary/aromatic N) is 3. The van der Waals surface area contributed by atoms with Crippen LogP contribution in [-0.2, 0) is 0 Å². The smallest absolute Gasteiger partial charge is 0.216 e. The van der Waals surface area contributed by atoms with Crippen molar-refractivity contribution in [2.75, 3.05) is 0 Å². The van der Waals surface area contributed by atoms with E-state index in [0.717, 1.165) is 11.1 Å². The molecule has 0 fully saturated rings. The molecule has 4 nitrogen and oxygen atoms in total. The van der Waals surface area contributed by atoms with Gasteiger partial charge in [-0.1, -0.05) is 60.2 Å². The molecule has 3 aromatic rings. The number of aromatic nitrogens is 3. The van der Waals surface area contributed by atoms with Crippen molar-refractivity contribution in [1.29, 1.82) is 0 Å². The number of hydrogen-bond donors (Lipinski definition) is 1. The lowest BCUT2D eigenvalue weighted by Gasteiger charge is -2.01. The fourth-order valence-electron chi connectivity index (χ4n) is 1.95. The maximum Gasteiger partial charge on any atom is 0.216 e. The van der Waals surface area contributed by atoms with Crippen molar-refractivity contribution < 1.29 is 0 Å². The molecule has 0 bridgehead atoms. The summed E-state index contributed by atoms with van der Waals surface area (Å²) >= 11 is 5.25. The molecule has 1 N–H and O–H groups in total. The molecule has 0 saturated heterocycles. The SMILES string of the molecule is Cc1ccc(-c2n[nH]c(=S)n2/N=C/c2ccccc2)cc1. The van der Waals surface area contributed by atoms with Crippen LogP contribution in [0.25, 0.3) is 11.4 Å². The van der Waals surface area contributed by atoms with Crippen LogP contribution in [0, 0.1) is 11.7 Å². The number of benzene rings is 2. The van der Waals surface area contributed by atoms with Gasteiger partial charge in [-0.15, -0.1) is 0 Å². The van der Waals surface area contributed by atoms with Gasteiger partial charge in [-0.05, 0) is 24.7 Å². The average molecular weight is 294 g/mol. The van der Waals surface area contributed by atoms with E-state index in [1.165, 1.54) is 5.56 Å². The molecule has 5 heteroatoms. The third kappa shape index (κ3) is 2.98. The van der Waals surface area contributed by atoms with E-state index >= 15 is 0 Å². The maximum atomic E-state index is 5.25. The predicted octanol–water partition coefficient (Wildman–Crippen LogP) is 3.80. The van der Waals surface area contributed by atoms with Gasteiger partial charge < -0.3 is 0 Å². The van der Waals surface area contributed by atoms with Crippen LogP contribution in [0.5, 0.6) is 0 Å². The molecular weight excluding hydrogens is 280 g/mol. The van der Waals surface area contributed by atoms with Crippen molar-refractivity contribution in [3.63, 3.8) is 0 Å². The molecule has 1 aromatic heterocycles. The summed E-state index contributed by atoms with van der Waals surface area (Å²) in [5.74, 6) is 0.701.